The molecule has 0 radical (unpaired) electrons. The highest BCUT2D eigenvalue weighted by Gasteiger charge is 2.31. The van der Waals surface area contributed by atoms with Crippen LogP contribution < -0.4 is 10.6 Å². The van der Waals surface area contributed by atoms with Gasteiger partial charge in [-0.3, -0.25) is 9.59 Å². The summed E-state index contributed by atoms with van der Waals surface area (Å²) in [5, 5.41) is 5.56. The fourth-order valence-electron chi connectivity index (χ4n) is 3.86. The Hall–Kier alpha value is -3.35. The molecule has 0 fully saturated rings. The number of amides is 3. The summed E-state index contributed by atoms with van der Waals surface area (Å²) in [4.78, 5) is 40.8. The van der Waals surface area contributed by atoms with Gasteiger partial charge in [-0.25, -0.2) is 4.79 Å². The Morgan fingerprint density at radius 3 is 2.31 bits per heavy atom. The van der Waals surface area contributed by atoms with Crippen LogP contribution in [0.5, 0.6) is 0 Å². The lowest BCUT2D eigenvalue weighted by Gasteiger charge is -2.32. The van der Waals surface area contributed by atoms with E-state index in [1.54, 1.807) is 25.7 Å². The highest BCUT2D eigenvalue weighted by Crippen LogP contribution is 2.24. The molecule has 0 saturated heterocycles. The van der Waals surface area contributed by atoms with Crippen LogP contribution in [0.1, 0.15) is 76.1 Å². The summed E-state index contributed by atoms with van der Waals surface area (Å²) in [5.41, 5.74) is 2.04. The molecule has 0 bridgehead atoms. The number of carbonyl (C=O) groups excluding carboxylic acids is 3. The highest BCUT2D eigenvalue weighted by molar-refractivity contribution is 5.90. The minimum absolute atomic E-state index is 0.253. The van der Waals surface area contributed by atoms with E-state index in [4.69, 9.17) is 4.74 Å². The summed E-state index contributed by atoms with van der Waals surface area (Å²) < 4.78 is 5.28. The molecule has 0 heterocycles. The molecule has 0 aliphatic carbocycles. The molecule has 196 valence electrons. The number of rotatable bonds is 12. The first-order valence-corrected chi connectivity index (χ1v) is 12.7. The van der Waals surface area contributed by atoms with Crippen LogP contribution in [0.4, 0.5) is 4.79 Å². The van der Waals surface area contributed by atoms with Gasteiger partial charge in [-0.1, -0.05) is 86.3 Å². The van der Waals surface area contributed by atoms with E-state index in [0.29, 0.717) is 13.1 Å². The van der Waals surface area contributed by atoms with Gasteiger partial charge in [-0.05, 0) is 45.2 Å². The number of hydrogen-bond donors (Lipinski definition) is 2. The predicted molar refractivity (Wildman–Crippen MR) is 142 cm³/mol. The van der Waals surface area contributed by atoms with Gasteiger partial charge >= 0.3 is 6.09 Å². The van der Waals surface area contributed by atoms with Crippen molar-refractivity contribution < 1.29 is 19.1 Å². The number of hydrogen-bond acceptors (Lipinski definition) is 4. The van der Waals surface area contributed by atoms with Gasteiger partial charge in [0.1, 0.15) is 18.2 Å². The van der Waals surface area contributed by atoms with E-state index < -0.39 is 17.7 Å². The van der Waals surface area contributed by atoms with E-state index in [1.807, 2.05) is 61.5 Å². The number of alkyl carbamates (subject to hydrolysis) is 1. The van der Waals surface area contributed by atoms with Gasteiger partial charge in [0.15, 0.2) is 0 Å². The molecule has 2 aromatic carbocycles. The summed E-state index contributed by atoms with van der Waals surface area (Å²) >= 11 is 0. The van der Waals surface area contributed by atoms with E-state index in [2.05, 4.69) is 17.6 Å². The minimum atomic E-state index is -0.817. The normalized spacial score (nSPS) is 11.9. The van der Waals surface area contributed by atoms with Crippen LogP contribution in [0.15, 0.2) is 54.6 Å². The molecular weight excluding hydrogens is 454 g/mol. The lowest BCUT2D eigenvalue weighted by molar-refractivity contribution is -0.140. The van der Waals surface area contributed by atoms with Crippen molar-refractivity contribution in [2.24, 2.45) is 0 Å². The number of ether oxygens (including phenoxy) is 1. The lowest BCUT2D eigenvalue weighted by Crippen LogP contribution is -2.48. The molecule has 36 heavy (non-hydrogen) atoms. The summed E-state index contributed by atoms with van der Waals surface area (Å²) in [7, 11) is 0. The molecule has 3 amide bonds. The van der Waals surface area contributed by atoms with Gasteiger partial charge in [-0.2, -0.15) is 0 Å². The summed E-state index contributed by atoms with van der Waals surface area (Å²) in [5.74, 6) is -0.593. The Morgan fingerprint density at radius 1 is 0.944 bits per heavy atom. The van der Waals surface area contributed by atoms with Gasteiger partial charge in [0.2, 0.25) is 11.8 Å². The minimum Gasteiger partial charge on any atom is -0.444 e. The smallest absolute Gasteiger partial charge is 0.408 e. The topological polar surface area (TPSA) is 87.7 Å². The van der Waals surface area contributed by atoms with E-state index in [1.165, 1.54) is 0 Å². The van der Waals surface area contributed by atoms with Crippen molar-refractivity contribution >= 4 is 17.9 Å². The molecule has 1 atom stereocenters. The number of nitrogens with one attached hydrogen (secondary N) is 2. The molecule has 0 saturated carbocycles. The molecule has 2 rings (SSSR count). The maximum absolute atomic E-state index is 13.6. The van der Waals surface area contributed by atoms with Gasteiger partial charge in [0, 0.05) is 13.1 Å². The van der Waals surface area contributed by atoms with Crippen molar-refractivity contribution in [3.63, 3.8) is 0 Å². The fraction of sp³-hybridized carbons (Fsp3) is 0.483. The molecule has 7 heteroatoms. The average molecular weight is 496 g/mol. The van der Waals surface area contributed by atoms with Gasteiger partial charge in [0.05, 0.1) is 0 Å². The fourth-order valence-corrected chi connectivity index (χ4v) is 3.86. The lowest BCUT2D eigenvalue weighted by atomic mass is 10.0. The summed E-state index contributed by atoms with van der Waals surface area (Å²) in [6.45, 7) is 9.89. The number of aryl methyl sites for hydroxylation is 1. The van der Waals surface area contributed by atoms with E-state index >= 15 is 0 Å². The van der Waals surface area contributed by atoms with Gasteiger partial charge in [0.25, 0.3) is 0 Å². The molecule has 7 nitrogen and oxygen atoms in total. The summed E-state index contributed by atoms with van der Waals surface area (Å²) in [6, 6.07) is 16.5. The number of unbranched alkanes of at least 4 members (excludes halogenated alkanes) is 3. The molecule has 1 unspecified atom stereocenters. The van der Waals surface area contributed by atoms with Crippen LogP contribution in [0.25, 0.3) is 0 Å². The van der Waals surface area contributed by atoms with Crippen LogP contribution in [0, 0.1) is 6.92 Å². The first kappa shape index (κ1) is 28.9. The maximum atomic E-state index is 13.6. The Morgan fingerprint density at radius 2 is 1.67 bits per heavy atom. The molecule has 0 aliphatic rings. The largest absolute Gasteiger partial charge is 0.444 e. The Labute approximate surface area is 215 Å². The third-order valence-electron chi connectivity index (χ3n) is 5.58. The van der Waals surface area contributed by atoms with Crippen molar-refractivity contribution in [3.8, 4) is 0 Å². The zero-order valence-corrected chi connectivity index (χ0v) is 22.3. The van der Waals surface area contributed by atoms with Crippen molar-refractivity contribution in [1.29, 1.82) is 0 Å². The molecule has 2 aromatic rings. The zero-order valence-electron chi connectivity index (χ0n) is 22.3. The predicted octanol–water partition coefficient (Wildman–Crippen LogP) is 5.29. The quantitative estimate of drug-likeness (QED) is 0.392. The van der Waals surface area contributed by atoms with E-state index in [0.717, 1.165) is 42.4 Å². The average Bonchev–Trinajstić information content (AvgIpc) is 2.82. The zero-order chi connectivity index (χ0) is 26.6. The van der Waals surface area contributed by atoms with Crippen molar-refractivity contribution in [2.75, 3.05) is 13.1 Å². The summed E-state index contributed by atoms with van der Waals surface area (Å²) in [6.07, 6.45) is 3.16. The monoisotopic (exact) mass is 495 g/mol. The van der Waals surface area contributed by atoms with Crippen molar-refractivity contribution in [3.05, 3.63) is 71.3 Å². The third-order valence-corrected chi connectivity index (χ3v) is 5.58. The second kappa shape index (κ2) is 14.3. The van der Waals surface area contributed by atoms with E-state index in [9.17, 15) is 14.4 Å². The molecular formula is C29H41N3O4. The standard InChI is InChI=1S/C29H41N3O4/c1-6-7-8-12-18-32(25(33)21-31-28(35)36-29(3,4)5)26(24-17-13-14-22(2)19-24)27(34)30-20-23-15-10-9-11-16-23/h9-11,13-17,19,26H,6-8,12,18,20-21H2,1-5H3,(H,30,34)(H,31,35). The van der Waals surface area contributed by atoms with Gasteiger partial charge < -0.3 is 20.3 Å². The highest BCUT2D eigenvalue weighted by atomic mass is 16.6. The second-order valence-electron chi connectivity index (χ2n) is 10.0. The van der Waals surface area contributed by atoms with Gasteiger partial charge in [-0.15, -0.1) is 0 Å². The Balaban J connectivity index is 2.28. The molecule has 0 aliphatic heterocycles. The van der Waals surface area contributed by atoms with Crippen LogP contribution in [-0.4, -0.2) is 41.5 Å². The number of carbonyl (C=O) groups is 3. The number of benzene rings is 2. The van der Waals surface area contributed by atoms with Crippen LogP contribution in [-0.2, 0) is 20.9 Å². The first-order chi connectivity index (χ1) is 17.1. The van der Waals surface area contributed by atoms with Crippen molar-refractivity contribution in [2.45, 2.75) is 78.5 Å². The number of nitrogens with zero attached hydrogens (tertiary/aromatic N) is 1. The molecule has 0 aromatic heterocycles. The maximum Gasteiger partial charge on any atom is 0.408 e. The Bertz CT molecular complexity index is 986. The van der Waals surface area contributed by atoms with Crippen LogP contribution in [0.2, 0.25) is 0 Å². The van der Waals surface area contributed by atoms with Crippen LogP contribution in [0.3, 0.4) is 0 Å². The van der Waals surface area contributed by atoms with Crippen molar-refractivity contribution in [1.82, 2.24) is 15.5 Å². The van der Waals surface area contributed by atoms with E-state index in [-0.39, 0.29) is 18.4 Å². The molecule has 0 spiro atoms. The molecule has 2 N–H and O–H groups in total. The first-order valence-electron chi connectivity index (χ1n) is 12.7. The van der Waals surface area contributed by atoms with Crippen LogP contribution >= 0.6 is 0 Å². The second-order valence-corrected chi connectivity index (χ2v) is 10.0. The SMILES string of the molecule is CCCCCCN(C(=O)CNC(=O)OC(C)(C)C)C(C(=O)NCc1ccccc1)c1cccc(C)c1. The Kier molecular flexibility index (Phi) is 11.4. The third kappa shape index (κ3) is 10.1.